The molecule has 2 aromatic heterocycles. The van der Waals surface area contributed by atoms with Gasteiger partial charge in [0.25, 0.3) is 0 Å². The molecule has 0 spiro atoms. The van der Waals surface area contributed by atoms with Crippen LogP contribution in [0.1, 0.15) is 0 Å². The minimum Gasteiger partial charge on any atom is -0.382 e. The van der Waals surface area contributed by atoms with Gasteiger partial charge in [0.05, 0.1) is 5.69 Å². The molecule has 0 radical (unpaired) electrons. The van der Waals surface area contributed by atoms with Crippen LogP contribution in [-0.4, -0.2) is 15.2 Å². The van der Waals surface area contributed by atoms with Gasteiger partial charge in [-0.3, -0.25) is 4.98 Å². The number of hydrogen-bond acceptors (Lipinski definition) is 4. The van der Waals surface area contributed by atoms with Gasteiger partial charge in [-0.05, 0) is 23.8 Å². The van der Waals surface area contributed by atoms with Crippen molar-refractivity contribution < 1.29 is 0 Å². The van der Waals surface area contributed by atoms with Crippen LogP contribution in [0.25, 0.3) is 22.4 Å². The van der Waals surface area contributed by atoms with E-state index < -0.39 is 0 Å². The van der Waals surface area contributed by atoms with E-state index in [1.54, 1.807) is 12.4 Å². The van der Waals surface area contributed by atoms with E-state index in [0.29, 0.717) is 5.82 Å². The van der Waals surface area contributed by atoms with Crippen molar-refractivity contribution in [2.75, 3.05) is 5.73 Å². The Hall–Kier alpha value is -2.75. The minimum absolute atomic E-state index is 0.422. The molecule has 4 nitrogen and oxygen atoms in total. The second-order valence-corrected chi connectivity index (χ2v) is 4.13. The number of aromatic nitrogens is 3. The summed E-state index contributed by atoms with van der Waals surface area (Å²) in [4.78, 5) is 4.00. The van der Waals surface area contributed by atoms with Crippen LogP contribution in [0.3, 0.4) is 0 Å². The van der Waals surface area contributed by atoms with Crippen LogP contribution in [0.4, 0.5) is 5.82 Å². The molecule has 2 heterocycles. The van der Waals surface area contributed by atoms with E-state index in [-0.39, 0.29) is 0 Å². The number of nitrogens with two attached hydrogens (primary N) is 1. The fourth-order valence-electron chi connectivity index (χ4n) is 1.91. The smallest absolute Gasteiger partial charge is 0.154 e. The van der Waals surface area contributed by atoms with Crippen molar-refractivity contribution >= 4 is 5.82 Å². The van der Waals surface area contributed by atoms with Crippen molar-refractivity contribution in [2.45, 2.75) is 0 Å². The predicted molar refractivity (Wildman–Crippen MR) is 75.1 cm³/mol. The average Bonchev–Trinajstić information content (AvgIpc) is 2.49. The highest BCUT2D eigenvalue weighted by molar-refractivity contribution is 5.77. The first kappa shape index (κ1) is 11.3. The highest BCUT2D eigenvalue weighted by Gasteiger charge is 2.07. The molecule has 3 rings (SSSR count). The Morgan fingerprint density at radius 3 is 2.26 bits per heavy atom. The number of nitrogens with zero attached hydrogens (tertiary/aromatic N) is 3. The summed E-state index contributed by atoms with van der Waals surface area (Å²) in [6.07, 6.45) is 3.47. The molecule has 2 N–H and O–H groups in total. The summed E-state index contributed by atoms with van der Waals surface area (Å²) in [6, 6.07) is 15.7. The van der Waals surface area contributed by atoms with Gasteiger partial charge in [0, 0.05) is 23.5 Å². The molecule has 19 heavy (non-hydrogen) atoms. The van der Waals surface area contributed by atoms with Crippen LogP contribution in [0.2, 0.25) is 0 Å². The molecular weight excluding hydrogens is 236 g/mol. The molecule has 92 valence electrons. The van der Waals surface area contributed by atoms with Crippen LogP contribution in [0.5, 0.6) is 0 Å². The lowest BCUT2D eigenvalue weighted by atomic mass is 10.1. The molecule has 4 heteroatoms. The molecule has 0 aliphatic rings. The summed E-state index contributed by atoms with van der Waals surface area (Å²) in [6.45, 7) is 0. The third-order valence-electron chi connectivity index (χ3n) is 2.88. The topological polar surface area (TPSA) is 64.7 Å². The van der Waals surface area contributed by atoms with Gasteiger partial charge in [-0.25, -0.2) is 0 Å². The normalized spacial score (nSPS) is 10.3. The lowest BCUT2D eigenvalue weighted by molar-refractivity contribution is 1.05. The van der Waals surface area contributed by atoms with E-state index in [9.17, 15) is 0 Å². The van der Waals surface area contributed by atoms with E-state index in [1.165, 1.54) is 0 Å². The van der Waals surface area contributed by atoms with Gasteiger partial charge in [-0.15, -0.1) is 10.2 Å². The standard InChI is InChI=1S/C15H12N4/c16-15-13(11-6-8-17-9-7-11)10-14(18-19-15)12-4-2-1-3-5-12/h1-10H,(H2,16,19). The molecular formula is C15H12N4. The maximum Gasteiger partial charge on any atom is 0.154 e. The molecule has 0 aliphatic carbocycles. The molecule has 0 bridgehead atoms. The van der Waals surface area contributed by atoms with Gasteiger partial charge in [-0.1, -0.05) is 30.3 Å². The molecule has 0 unspecified atom stereocenters. The number of hydrogen-bond donors (Lipinski definition) is 1. The lowest BCUT2D eigenvalue weighted by Gasteiger charge is -2.06. The molecule has 0 amide bonds. The second-order valence-electron chi connectivity index (χ2n) is 4.13. The van der Waals surface area contributed by atoms with Crippen molar-refractivity contribution in [2.24, 2.45) is 0 Å². The van der Waals surface area contributed by atoms with Gasteiger partial charge < -0.3 is 5.73 Å². The van der Waals surface area contributed by atoms with Gasteiger partial charge >= 0.3 is 0 Å². The molecule has 0 atom stereocenters. The molecule has 0 saturated carbocycles. The van der Waals surface area contributed by atoms with Gasteiger partial charge in [0.15, 0.2) is 5.82 Å². The van der Waals surface area contributed by atoms with E-state index in [1.807, 2.05) is 48.5 Å². The summed E-state index contributed by atoms with van der Waals surface area (Å²) in [5.74, 6) is 0.422. The first-order chi connectivity index (χ1) is 9.34. The molecule has 0 saturated heterocycles. The summed E-state index contributed by atoms with van der Waals surface area (Å²) in [5, 5.41) is 8.18. The highest BCUT2D eigenvalue weighted by atomic mass is 15.1. The molecule has 3 aromatic rings. The molecule has 1 aromatic carbocycles. The zero-order chi connectivity index (χ0) is 13.1. The summed E-state index contributed by atoms with van der Waals surface area (Å²) >= 11 is 0. The summed E-state index contributed by atoms with van der Waals surface area (Å²) < 4.78 is 0. The minimum atomic E-state index is 0.422. The Morgan fingerprint density at radius 2 is 1.53 bits per heavy atom. The van der Waals surface area contributed by atoms with Crippen LogP contribution in [0.15, 0.2) is 60.9 Å². The lowest BCUT2D eigenvalue weighted by Crippen LogP contribution is -1.98. The fraction of sp³-hybridized carbons (Fsp3) is 0. The summed E-state index contributed by atoms with van der Waals surface area (Å²) in [7, 11) is 0. The number of anilines is 1. The maximum absolute atomic E-state index is 5.91. The Bertz CT molecular complexity index is 681. The van der Waals surface area contributed by atoms with Crippen LogP contribution in [-0.2, 0) is 0 Å². The van der Waals surface area contributed by atoms with E-state index in [4.69, 9.17) is 5.73 Å². The average molecular weight is 248 g/mol. The summed E-state index contributed by atoms with van der Waals surface area (Å²) in [5.41, 5.74) is 9.59. The Balaban J connectivity index is 2.12. The monoisotopic (exact) mass is 248 g/mol. The van der Waals surface area contributed by atoms with Crippen molar-refractivity contribution in [1.29, 1.82) is 0 Å². The quantitative estimate of drug-likeness (QED) is 0.757. The van der Waals surface area contributed by atoms with E-state index in [0.717, 1.165) is 22.4 Å². The molecule has 0 fully saturated rings. The van der Waals surface area contributed by atoms with Gasteiger partial charge in [-0.2, -0.15) is 0 Å². The Morgan fingerprint density at radius 1 is 0.789 bits per heavy atom. The zero-order valence-corrected chi connectivity index (χ0v) is 10.2. The third-order valence-corrected chi connectivity index (χ3v) is 2.88. The van der Waals surface area contributed by atoms with Gasteiger partial charge in [0.1, 0.15) is 0 Å². The van der Waals surface area contributed by atoms with Crippen molar-refractivity contribution in [1.82, 2.24) is 15.2 Å². The number of pyridine rings is 1. The number of benzene rings is 1. The Labute approximate surface area is 111 Å². The van der Waals surface area contributed by atoms with E-state index in [2.05, 4.69) is 15.2 Å². The van der Waals surface area contributed by atoms with Gasteiger partial charge in [0.2, 0.25) is 0 Å². The SMILES string of the molecule is Nc1nnc(-c2ccccc2)cc1-c1ccncc1. The zero-order valence-electron chi connectivity index (χ0n) is 10.2. The second kappa shape index (κ2) is 4.86. The first-order valence-electron chi connectivity index (χ1n) is 5.93. The van der Waals surface area contributed by atoms with Crippen molar-refractivity contribution in [3.8, 4) is 22.4 Å². The molecule has 0 aliphatic heterocycles. The largest absolute Gasteiger partial charge is 0.382 e. The Kier molecular flexibility index (Phi) is 2.90. The highest BCUT2D eigenvalue weighted by Crippen LogP contribution is 2.27. The maximum atomic E-state index is 5.91. The van der Waals surface area contributed by atoms with Crippen LogP contribution < -0.4 is 5.73 Å². The van der Waals surface area contributed by atoms with Crippen molar-refractivity contribution in [3.63, 3.8) is 0 Å². The van der Waals surface area contributed by atoms with E-state index >= 15 is 0 Å². The van der Waals surface area contributed by atoms with Crippen molar-refractivity contribution in [3.05, 3.63) is 60.9 Å². The van der Waals surface area contributed by atoms with Crippen LogP contribution in [0, 0.1) is 0 Å². The third kappa shape index (κ3) is 2.28. The first-order valence-corrected chi connectivity index (χ1v) is 5.93. The number of nitrogen functional groups attached to an aromatic ring is 1. The predicted octanol–water partition coefficient (Wildman–Crippen LogP) is 2.79. The number of rotatable bonds is 2. The van der Waals surface area contributed by atoms with Crippen LogP contribution >= 0.6 is 0 Å². The fourth-order valence-corrected chi connectivity index (χ4v) is 1.91.